The smallest absolute Gasteiger partial charge is 0.330 e. The Kier molecular flexibility index (Phi) is 5.48. The summed E-state index contributed by atoms with van der Waals surface area (Å²) in [6.45, 7) is 6.19. The number of benzene rings is 2. The Morgan fingerprint density at radius 1 is 1.06 bits per heavy atom. The number of rotatable bonds is 4. The normalized spacial score (nSPS) is 15.4. The molecule has 2 aromatic carbocycles. The fraction of sp³-hybridized carbons (Fsp3) is 0.360. The summed E-state index contributed by atoms with van der Waals surface area (Å²) in [5, 5.41) is 0. The van der Waals surface area contributed by atoms with Crippen LogP contribution in [0.2, 0.25) is 0 Å². The lowest BCUT2D eigenvalue weighted by molar-refractivity contribution is 0.353. The second-order valence-corrected chi connectivity index (χ2v) is 8.08. The average molecular weight is 420 g/mol. The van der Waals surface area contributed by atoms with Crippen LogP contribution in [0.3, 0.4) is 0 Å². The fourth-order valence-electron chi connectivity index (χ4n) is 4.42. The average Bonchev–Trinajstić information content (AvgIpc) is 2.77. The molecule has 0 saturated heterocycles. The van der Waals surface area contributed by atoms with Crippen LogP contribution in [0.15, 0.2) is 46.2 Å². The number of hydrogen-bond acceptors (Lipinski definition) is 4. The number of methoxy groups -OCH3 is 2. The first-order valence-electron chi connectivity index (χ1n) is 10.6. The molecular weight excluding hydrogens is 390 g/mol. The number of aromatic nitrogens is 2. The van der Waals surface area contributed by atoms with Crippen molar-refractivity contribution in [2.45, 2.75) is 39.7 Å². The summed E-state index contributed by atoms with van der Waals surface area (Å²) in [6, 6.07) is 12.2. The van der Waals surface area contributed by atoms with Crippen LogP contribution in [0, 0.1) is 13.8 Å². The van der Waals surface area contributed by atoms with Crippen LogP contribution in [-0.2, 0) is 13.5 Å². The van der Waals surface area contributed by atoms with Gasteiger partial charge in [-0.25, -0.2) is 9.79 Å². The van der Waals surface area contributed by atoms with E-state index in [1.54, 1.807) is 25.8 Å². The molecule has 0 fully saturated rings. The van der Waals surface area contributed by atoms with E-state index in [1.165, 1.54) is 0 Å². The second-order valence-electron chi connectivity index (χ2n) is 8.08. The molecule has 4 rings (SSSR count). The highest BCUT2D eigenvalue weighted by Gasteiger charge is 2.27. The summed E-state index contributed by atoms with van der Waals surface area (Å²) in [5.41, 5.74) is 6.63. The predicted octanol–water partition coefficient (Wildman–Crippen LogP) is 4.23. The van der Waals surface area contributed by atoms with E-state index in [9.17, 15) is 4.79 Å². The van der Waals surface area contributed by atoms with Gasteiger partial charge in [-0.1, -0.05) is 25.1 Å². The number of nitrogens with zero attached hydrogens (tertiary/aromatic N) is 3. The maximum atomic E-state index is 13.5. The zero-order chi connectivity index (χ0) is 22.3. The van der Waals surface area contributed by atoms with Gasteiger partial charge in [0, 0.05) is 24.7 Å². The third-order valence-electron chi connectivity index (χ3n) is 6.21. The van der Waals surface area contributed by atoms with Crippen LogP contribution < -0.4 is 20.7 Å². The Morgan fingerprint density at radius 3 is 2.32 bits per heavy atom. The van der Waals surface area contributed by atoms with Gasteiger partial charge in [0.2, 0.25) is 0 Å². The van der Waals surface area contributed by atoms with E-state index in [-0.39, 0.29) is 11.7 Å². The Morgan fingerprint density at radius 2 is 1.71 bits per heavy atom. The van der Waals surface area contributed by atoms with Crippen LogP contribution in [0.1, 0.15) is 36.1 Å². The van der Waals surface area contributed by atoms with Gasteiger partial charge >= 0.3 is 5.69 Å². The first kappa shape index (κ1) is 21.0. The molecule has 0 bridgehead atoms. The lowest BCUT2D eigenvalue weighted by Crippen LogP contribution is -2.42. The molecule has 0 radical (unpaired) electrons. The van der Waals surface area contributed by atoms with Crippen molar-refractivity contribution in [2.24, 2.45) is 12.0 Å². The maximum Gasteiger partial charge on any atom is 0.330 e. The van der Waals surface area contributed by atoms with E-state index in [4.69, 9.17) is 14.5 Å². The van der Waals surface area contributed by atoms with Gasteiger partial charge < -0.3 is 9.47 Å². The van der Waals surface area contributed by atoms with E-state index in [0.29, 0.717) is 17.0 Å². The predicted molar refractivity (Wildman–Crippen MR) is 122 cm³/mol. The summed E-state index contributed by atoms with van der Waals surface area (Å²) in [4.78, 5) is 18.4. The summed E-state index contributed by atoms with van der Waals surface area (Å²) in [7, 11) is 5.06. The summed E-state index contributed by atoms with van der Waals surface area (Å²) < 4.78 is 14.6. The molecule has 162 valence electrons. The van der Waals surface area contributed by atoms with Crippen molar-refractivity contribution in [3.8, 4) is 22.8 Å². The molecule has 2 heterocycles. The molecule has 31 heavy (non-hydrogen) atoms. The van der Waals surface area contributed by atoms with Crippen molar-refractivity contribution in [1.29, 1.82) is 0 Å². The van der Waals surface area contributed by atoms with E-state index in [0.717, 1.165) is 46.5 Å². The Balaban J connectivity index is 2.05. The van der Waals surface area contributed by atoms with Crippen LogP contribution in [0.5, 0.6) is 11.5 Å². The molecular formula is C25H29N3O3. The number of fused-ring (bicyclic) bond motifs is 3. The van der Waals surface area contributed by atoms with Gasteiger partial charge in [0.05, 0.1) is 25.6 Å². The van der Waals surface area contributed by atoms with Crippen LogP contribution in [0.4, 0.5) is 5.69 Å². The van der Waals surface area contributed by atoms with E-state index < -0.39 is 0 Å². The van der Waals surface area contributed by atoms with Crippen molar-refractivity contribution < 1.29 is 9.47 Å². The molecule has 0 spiro atoms. The van der Waals surface area contributed by atoms with Gasteiger partial charge in [-0.2, -0.15) is 0 Å². The van der Waals surface area contributed by atoms with Crippen LogP contribution in [0.25, 0.3) is 11.3 Å². The quantitative estimate of drug-likeness (QED) is 0.636. The third kappa shape index (κ3) is 3.46. The number of ether oxygens (including phenoxy) is 2. The molecule has 1 aromatic heterocycles. The molecule has 0 N–H and O–H groups in total. The first-order chi connectivity index (χ1) is 14.9. The highest BCUT2D eigenvalue weighted by Crippen LogP contribution is 2.40. The largest absolute Gasteiger partial charge is 0.493 e. The minimum atomic E-state index is -0.0604. The molecule has 0 saturated carbocycles. The molecule has 1 aliphatic rings. The van der Waals surface area contributed by atoms with Crippen molar-refractivity contribution in [3.05, 3.63) is 69.1 Å². The minimum Gasteiger partial charge on any atom is -0.493 e. The summed E-state index contributed by atoms with van der Waals surface area (Å²) in [5.74, 6) is 1.35. The van der Waals surface area contributed by atoms with Crippen molar-refractivity contribution >= 4 is 5.69 Å². The zero-order valence-electron chi connectivity index (χ0n) is 19.0. The maximum absolute atomic E-state index is 13.5. The van der Waals surface area contributed by atoms with Crippen molar-refractivity contribution in [1.82, 2.24) is 9.13 Å². The summed E-state index contributed by atoms with van der Waals surface area (Å²) in [6.07, 6.45) is 1.63. The van der Waals surface area contributed by atoms with Crippen LogP contribution in [-0.4, -0.2) is 23.4 Å². The topological polar surface area (TPSA) is 57.8 Å². The van der Waals surface area contributed by atoms with E-state index >= 15 is 0 Å². The Bertz CT molecular complexity index is 1260. The lowest BCUT2D eigenvalue weighted by Gasteiger charge is -2.30. The van der Waals surface area contributed by atoms with E-state index in [2.05, 4.69) is 6.92 Å². The number of para-hydroxylation sites is 1. The van der Waals surface area contributed by atoms with Crippen molar-refractivity contribution in [2.75, 3.05) is 14.2 Å². The standard InChI is InChI=1S/C25H29N3O3/c1-7-18-11-17-12-21(30-5)22(31-6)13-19(17)20-14-23(27(4)25(29)28(18)20)26-24-15(2)9-8-10-16(24)3/h8-10,12-14,18H,7,11H2,1-6H3/b26-23-/t18-/m0/s1. The van der Waals surface area contributed by atoms with Gasteiger partial charge in [-0.3, -0.25) is 9.13 Å². The molecule has 0 amide bonds. The SMILES string of the molecule is CC[C@H]1Cc2cc(OC)c(OC)cc2-c2c/c(=N/c3c(C)cccc3C)n(C)c(=O)n21. The zero-order valence-corrected chi connectivity index (χ0v) is 19.0. The van der Waals surface area contributed by atoms with Gasteiger partial charge in [0.25, 0.3) is 0 Å². The van der Waals surface area contributed by atoms with Crippen LogP contribution >= 0.6 is 0 Å². The van der Waals surface area contributed by atoms with Gasteiger partial charge in [-0.15, -0.1) is 0 Å². The first-order valence-corrected chi connectivity index (χ1v) is 10.6. The van der Waals surface area contributed by atoms with E-state index in [1.807, 2.05) is 54.8 Å². The highest BCUT2D eigenvalue weighted by molar-refractivity contribution is 5.70. The Hall–Kier alpha value is -3.28. The monoisotopic (exact) mass is 419 g/mol. The molecule has 1 atom stereocenters. The minimum absolute atomic E-state index is 0.0604. The molecule has 0 aliphatic carbocycles. The van der Waals surface area contributed by atoms with Gasteiger partial charge in [0.1, 0.15) is 5.49 Å². The third-order valence-corrected chi connectivity index (χ3v) is 6.21. The number of aryl methyl sites for hydroxylation is 2. The molecule has 0 unspecified atom stereocenters. The Labute approximate surface area is 182 Å². The second kappa shape index (κ2) is 8.10. The molecule has 6 nitrogen and oxygen atoms in total. The molecule has 3 aromatic rings. The van der Waals surface area contributed by atoms with Crippen molar-refractivity contribution in [3.63, 3.8) is 0 Å². The van der Waals surface area contributed by atoms with Gasteiger partial charge in [0.15, 0.2) is 11.5 Å². The van der Waals surface area contributed by atoms with Gasteiger partial charge in [-0.05, 0) is 55.5 Å². The number of hydrogen-bond donors (Lipinski definition) is 0. The molecule has 6 heteroatoms. The fourth-order valence-corrected chi connectivity index (χ4v) is 4.42. The molecule has 1 aliphatic heterocycles. The highest BCUT2D eigenvalue weighted by atomic mass is 16.5. The summed E-state index contributed by atoms with van der Waals surface area (Å²) >= 11 is 0. The lowest BCUT2D eigenvalue weighted by atomic mass is 9.91.